The zero-order valence-corrected chi connectivity index (χ0v) is 56.5. The topological polar surface area (TPSA) is 230 Å². The lowest BCUT2D eigenvalue weighted by molar-refractivity contribution is -0.551. The van der Waals surface area contributed by atoms with E-state index in [9.17, 15) is 34.9 Å². The van der Waals surface area contributed by atoms with Crippen molar-refractivity contribution < 1.29 is 77.4 Å². The Hall–Kier alpha value is -1.94. The van der Waals surface area contributed by atoms with Gasteiger partial charge >= 0.3 is 6.09 Å². The van der Waals surface area contributed by atoms with E-state index < -0.39 is 43.4 Å². The van der Waals surface area contributed by atoms with Gasteiger partial charge in [-0.15, -0.1) is 0 Å². The van der Waals surface area contributed by atoms with E-state index in [4.69, 9.17) is 42.6 Å². The van der Waals surface area contributed by atoms with Crippen molar-refractivity contribution in [2.45, 2.75) is 327 Å². The number of amides is 1. The zero-order chi connectivity index (χ0) is 63.7. The largest absolute Gasteiger partial charge is 0.447 e. The number of aliphatic hydroxyl groups is 4. The molecule has 522 valence electrons. The summed E-state index contributed by atoms with van der Waals surface area (Å²) in [6, 6.07) is 0. The first-order valence-corrected chi connectivity index (χ1v) is 36.5. The van der Waals surface area contributed by atoms with Crippen LogP contribution in [0.4, 0.5) is 4.79 Å². The van der Waals surface area contributed by atoms with Crippen LogP contribution >= 0.6 is 0 Å². The van der Waals surface area contributed by atoms with Gasteiger partial charge in [-0.05, 0) is 51.4 Å². The lowest BCUT2D eigenvalue weighted by Gasteiger charge is -2.39. The standard InChI is InChI=1S/C70H136N2O16/c1-3-5-7-9-11-13-15-17-19-21-23-25-27-29-32-41-51-84-61-64(85-52-42-33-30-28-26-24-22-20-18-16-14-12-10-8-6-4-2)62-87-70(78)71-46-38-35-36-44-63(74)45-37-43-50-81-55-54-80-49-40-34-31-39-47-72(79)48-53-82-56-57-83-58-59-86-69-68(77)67(76)66(75)65(60-73)88-69/h64-69,73,75-77H,3-62H2,1-2H3/p+1/t64-,65?,66+,67-,68?,69-/m0/s1. The molecule has 0 saturated carbocycles. The smallest absolute Gasteiger partial charge is 0.407 e. The van der Waals surface area contributed by atoms with Crippen LogP contribution in [0.2, 0.25) is 0 Å². The molecule has 1 aliphatic heterocycles. The molecule has 1 aliphatic rings. The van der Waals surface area contributed by atoms with Crippen LogP contribution in [0.1, 0.15) is 290 Å². The summed E-state index contributed by atoms with van der Waals surface area (Å²) in [4.78, 5) is 37.3. The number of hydrogen-bond donors (Lipinski definition) is 5. The van der Waals surface area contributed by atoms with Gasteiger partial charge in [0, 0.05) is 61.9 Å². The van der Waals surface area contributed by atoms with Crippen LogP contribution in [-0.4, -0.2) is 186 Å². The first kappa shape index (κ1) is 84.1. The van der Waals surface area contributed by atoms with Crippen molar-refractivity contribution >= 4 is 11.9 Å². The predicted octanol–water partition coefficient (Wildman–Crippen LogP) is 14.2. The third-order valence-electron chi connectivity index (χ3n) is 16.6. The van der Waals surface area contributed by atoms with E-state index in [-0.39, 0.29) is 51.5 Å². The Morgan fingerprint density at radius 2 is 0.818 bits per heavy atom. The second kappa shape index (κ2) is 66.5. The fourth-order valence-electron chi connectivity index (χ4n) is 10.9. The van der Waals surface area contributed by atoms with Gasteiger partial charge in [0.25, 0.3) is 0 Å². The Balaban J connectivity index is 2.05. The molecule has 1 amide bonds. The highest BCUT2D eigenvalue weighted by molar-refractivity contribution is 5.78. The quantitative estimate of drug-likeness (QED) is 0.0282. The average Bonchev–Trinajstić information content (AvgIpc) is 1.72. The normalized spacial score (nSPS) is 17.2. The van der Waals surface area contributed by atoms with E-state index in [0.29, 0.717) is 78.8 Å². The number of carbonyl (C=O) groups excluding carboxylic acids is 2. The number of ketones is 1. The number of Topliss-reactive ketones (excluding diaryl/α,β-unsaturated/α-hetero) is 1. The number of alkyl carbamates (subject to hydrolysis) is 1. The van der Waals surface area contributed by atoms with Gasteiger partial charge in [-0.2, -0.15) is 0 Å². The fraction of sp³-hybridized carbons (Fsp3) is 0.971. The van der Waals surface area contributed by atoms with Gasteiger partial charge in [0.2, 0.25) is 6.54 Å². The minimum Gasteiger partial charge on any atom is -0.447 e. The molecule has 0 spiro atoms. The molecule has 88 heavy (non-hydrogen) atoms. The molecular formula is C70H137N2O16+. The van der Waals surface area contributed by atoms with Crippen LogP contribution in [0.15, 0.2) is 0 Å². The highest BCUT2D eigenvalue weighted by Crippen LogP contribution is 2.22. The third kappa shape index (κ3) is 55.7. The van der Waals surface area contributed by atoms with Gasteiger partial charge in [-0.3, -0.25) is 4.79 Å². The van der Waals surface area contributed by atoms with Gasteiger partial charge < -0.3 is 68.4 Å². The van der Waals surface area contributed by atoms with E-state index >= 15 is 0 Å². The van der Waals surface area contributed by atoms with Gasteiger partial charge in [0.1, 0.15) is 49.5 Å². The number of aliphatic hydroxyl groups excluding tert-OH is 4. The molecule has 0 aromatic heterocycles. The molecule has 0 aromatic carbocycles. The molecule has 0 bridgehead atoms. The number of nitroso groups, excluding NO2 is 1. The Kier molecular flexibility index (Phi) is 63.5. The minimum atomic E-state index is -1.49. The molecule has 1 saturated heterocycles. The maximum atomic E-state index is 12.7. The summed E-state index contributed by atoms with van der Waals surface area (Å²) < 4.78 is 51.9. The zero-order valence-electron chi connectivity index (χ0n) is 56.5. The Labute approximate surface area is 536 Å². The molecule has 0 aliphatic carbocycles. The number of nitrogens with one attached hydrogen (secondary N) is 1. The van der Waals surface area contributed by atoms with E-state index in [1.807, 2.05) is 0 Å². The van der Waals surface area contributed by atoms with E-state index in [0.717, 1.165) is 81.8 Å². The van der Waals surface area contributed by atoms with Crippen LogP contribution in [0, 0.1) is 4.91 Å². The van der Waals surface area contributed by atoms with Crippen molar-refractivity contribution in [3.05, 3.63) is 4.91 Å². The molecule has 5 N–H and O–H groups in total. The summed E-state index contributed by atoms with van der Waals surface area (Å²) >= 11 is 0. The van der Waals surface area contributed by atoms with E-state index in [2.05, 4.69) is 19.2 Å². The van der Waals surface area contributed by atoms with Crippen molar-refractivity contribution in [1.82, 2.24) is 5.32 Å². The van der Waals surface area contributed by atoms with Crippen LogP contribution in [0.5, 0.6) is 0 Å². The molecule has 6 atom stereocenters. The number of nitrogens with zero attached hydrogens (tertiary/aromatic N) is 1. The summed E-state index contributed by atoms with van der Waals surface area (Å²) in [6.07, 6.45) is 44.5. The average molecular weight is 1260 g/mol. The lowest BCUT2D eigenvalue weighted by Crippen LogP contribution is -2.59. The van der Waals surface area contributed by atoms with Crippen molar-refractivity contribution in [2.24, 2.45) is 0 Å². The molecule has 2 unspecified atom stereocenters. The highest BCUT2D eigenvalue weighted by atomic mass is 16.7. The van der Waals surface area contributed by atoms with Gasteiger partial charge in [-0.25, -0.2) is 4.79 Å². The first-order chi connectivity index (χ1) is 43.2. The number of hydrogen-bond acceptors (Lipinski definition) is 16. The maximum Gasteiger partial charge on any atom is 0.407 e. The fourth-order valence-corrected chi connectivity index (χ4v) is 10.9. The van der Waals surface area contributed by atoms with Crippen LogP contribution in [0.25, 0.3) is 0 Å². The maximum absolute atomic E-state index is 12.7. The van der Waals surface area contributed by atoms with Crippen molar-refractivity contribution in [1.29, 1.82) is 0 Å². The lowest BCUT2D eigenvalue weighted by atomic mass is 9.99. The van der Waals surface area contributed by atoms with E-state index in [1.165, 1.54) is 186 Å². The molecule has 18 heteroatoms. The molecule has 18 nitrogen and oxygen atoms in total. The van der Waals surface area contributed by atoms with Gasteiger partial charge in [0.15, 0.2) is 12.8 Å². The third-order valence-corrected chi connectivity index (χ3v) is 16.6. The van der Waals surface area contributed by atoms with Crippen LogP contribution in [-0.2, 0) is 47.4 Å². The van der Waals surface area contributed by atoms with Crippen molar-refractivity contribution in [3.8, 4) is 0 Å². The van der Waals surface area contributed by atoms with Crippen molar-refractivity contribution in [3.63, 3.8) is 0 Å². The Morgan fingerprint density at radius 1 is 0.420 bits per heavy atom. The number of ether oxygens (including phenoxy) is 9. The molecular weight excluding hydrogens is 1120 g/mol. The molecule has 1 fully saturated rings. The summed E-state index contributed by atoms with van der Waals surface area (Å²) in [6.45, 7) is 10.7. The van der Waals surface area contributed by atoms with Gasteiger partial charge in [0.05, 0.1) is 52.9 Å². The molecule has 0 aromatic rings. The SMILES string of the molecule is CCCCCCCCCCCCCCCCCCOC[C@@H](COC(=O)NCCCCCC(=O)CCCCOCCOCCCCCC[N+](=O)CCOCCOCCO[C@H]1OC(CO)[C@@H](O)[C@H](O)C1O)OCCCCCCCCCCCCCCCCCC. The summed E-state index contributed by atoms with van der Waals surface area (Å²) in [5, 5.41) is 41.8. The van der Waals surface area contributed by atoms with Gasteiger partial charge in [-0.1, -0.05) is 219 Å². The number of unbranched alkanes of at least 4 members (excludes halogenated alkanes) is 36. The number of rotatable bonds is 71. The van der Waals surface area contributed by atoms with E-state index in [1.54, 1.807) is 0 Å². The van der Waals surface area contributed by atoms with Crippen LogP contribution < -0.4 is 5.32 Å². The minimum absolute atomic E-state index is 0.0598. The summed E-state index contributed by atoms with van der Waals surface area (Å²) in [5.41, 5.74) is 0. The summed E-state index contributed by atoms with van der Waals surface area (Å²) in [5.74, 6) is 0.273. The van der Waals surface area contributed by atoms with Crippen molar-refractivity contribution in [2.75, 3.05) is 112 Å². The molecule has 0 radical (unpaired) electrons. The Morgan fingerprint density at radius 3 is 1.32 bits per heavy atom. The Bertz CT molecular complexity index is 1490. The van der Waals surface area contributed by atoms with Crippen LogP contribution in [0.3, 0.4) is 0 Å². The predicted molar refractivity (Wildman–Crippen MR) is 351 cm³/mol. The first-order valence-electron chi connectivity index (χ1n) is 36.5. The molecule has 1 heterocycles. The molecule has 1 rings (SSSR count). The highest BCUT2D eigenvalue weighted by Gasteiger charge is 2.44. The monoisotopic (exact) mass is 1260 g/mol. The second-order valence-electron chi connectivity index (χ2n) is 24.9. The number of carbonyl (C=O) groups is 2. The summed E-state index contributed by atoms with van der Waals surface area (Å²) in [7, 11) is 0. The second-order valence-corrected chi connectivity index (χ2v) is 24.9.